The molecule has 1 nitrogen and oxygen atoms in total. The van der Waals surface area contributed by atoms with Crippen molar-refractivity contribution in [2.24, 2.45) is 7.05 Å². The maximum Gasteiger partial charge on any atom is 0.181 e. The van der Waals surface area contributed by atoms with Gasteiger partial charge in [-0.25, -0.2) is 4.57 Å². The first-order chi connectivity index (χ1) is 5.46. The van der Waals surface area contributed by atoms with Gasteiger partial charge in [-0.1, -0.05) is 0 Å². The van der Waals surface area contributed by atoms with Gasteiger partial charge in [0, 0.05) is 25.0 Å². The van der Waals surface area contributed by atoms with E-state index in [-0.39, 0.29) is 0 Å². The van der Waals surface area contributed by atoms with Crippen LogP contribution in [0.3, 0.4) is 0 Å². The topological polar surface area (TPSA) is 3.88 Å². The average Bonchev–Trinajstić information content (AvgIpc) is 2.08. The van der Waals surface area contributed by atoms with E-state index in [1.165, 1.54) is 28.1 Å². The molecule has 0 aliphatic heterocycles. The smallest absolute Gasteiger partial charge is 0.181 e. The Bertz CT molecular complexity index is 219. The predicted octanol–water partition coefficient (Wildman–Crippen LogP) is 2.05. The fraction of sp³-hybridized carbons (Fsp3) is 0.545. The van der Waals surface area contributed by atoms with Crippen LogP contribution in [0.4, 0.5) is 0 Å². The molecule has 1 heterocycles. The summed E-state index contributed by atoms with van der Waals surface area (Å²) in [5.74, 6) is 0. The van der Waals surface area contributed by atoms with Gasteiger partial charge in [0.25, 0.3) is 0 Å². The van der Waals surface area contributed by atoms with Gasteiger partial charge in [-0.05, 0) is 26.3 Å². The van der Waals surface area contributed by atoms with Crippen molar-refractivity contribution in [3.05, 3.63) is 28.1 Å². The summed E-state index contributed by atoms with van der Waals surface area (Å²) in [4.78, 5) is 0. The van der Waals surface area contributed by atoms with Gasteiger partial charge in [-0.2, -0.15) is 0 Å². The Labute approximate surface area is 75.1 Å². The number of rotatable bonds is 0. The number of aromatic nitrogens is 1. The van der Waals surface area contributed by atoms with Crippen molar-refractivity contribution in [2.75, 3.05) is 0 Å². The molecular weight excluding hydrogens is 146 g/mol. The molecule has 0 aliphatic rings. The summed E-state index contributed by atoms with van der Waals surface area (Å²) < 4.78 is 2.26. The molecule has 12 heavy (non-hydrogen) atoms. The van der Waals surface area contributed by atoms with Crippen molar-refractivity contribution < 1.29 is 4.57 Å². The SMILES string of the molecule is Cc1c(C)c(C)[n+](C)c(C)c1C. The second-order valence-electron chi connectivity index (χ2n) is 3.60. The Morgan fingerprint density at radius 3 is 1.33 bits per heavy atom. The Hall–Kier alpha value is -0.850. The first kappa shape index (κ1) is 9.24. The number of hydrogen-bond donors (Lipinski definition) is 0. The zero-order valence-corrected chi connectivity index (χ0v) is 8.95. The van der Waals surface area contributed by atoms with E-state index in [4.69, 9.17) is 0 Å². The second kappa shape index (κ2) is 2.89. The lowest BCUT2D eigenvalue weighted by Crippen LogP contribution is -2.37. The summed E-state index contributed by atoms with van der Waals surface area (Å²) in [5, 5.41) is 0. The third-order valence-corrected chi connectivity index (χ3v) is 3.22. The van der Waals surface area contributed by atoms with E-state index in [0.29, 0.717) is 0 Å². The molecule has 0 aliphatic carbocycles. The lowest BCUT2D eigenvalue weighted by Gasteiger charge is -2.09. The minimum Gasteiger partial charge on any atom is -0.202 e. The number of nitrogens with zero attached hydrogens (tertiary/aromatic N) is 1. The van der Waals surface area contributed by atoms with Crippen molar-refractivity contribution in [3.63, 3.8) is 0 Å². The van der Waals surface area contributed by atoms with Crippen LogP contribution in [0.25, 0.3) is 0 Å². The quantitative estimate of drug-likeness (QED) is 0.517. The Morgan fingerprint density at radius 2 is 1.00 bits per heavy atom. The molecule has 0 saturated carbocycles. The molecule has 0 aromatic carbocycles. The van der Waals surface area contributed by atoms with Crippen LogP contribution in [0.5, 0.6) is 0 Å². The van der Waals surface area contributed by atoms with Gasteiger partial charge in [-0.15, -0.1) is 0 Å². The number of hydrogen-bond acceptors (Lipinski definition) is 0. The van der Waals surface area contributed by atoms with E-state index in [1.807, 2.05) is 0 Å². The third kappa shape index (κ3) is 1.13. The van der Waals surface area contributed by atoms with Crippen LogP contribution in [0, 0.1) is 34.6 Å². The fourth-order valence-electron chi connectivity index (χ4n) is 1.58. The van der Waals surface area contributed by atoms with Crippen molar-refractivity contribution in [1.29, 1.82) is 0 Å². The summed E-state index contributed by atoms with van der Waals surface area (Å²) in [6, 6.07) is 0. The monoisotopic (exact) mass is 164 g/mol. The maximum absolute atomic E-state index is 2.26. The van der Waals surface area contributed by atoms with Crippen molar-refractivity contribution in [2.45, 2.75) is 34.6 Å². The van der Waals surface area contributed by atoms with Crippen LogP contribution < -0.4 is 4.57 Å². The fourth-order valence-corrected chi connectivity index (χ4v) is 1.58. The largest absolute Gasteiger partial charge is 0.202 e. The standard InChI is InChI=1S/C11H18N/c1-7-8(2)10(4)12(6)11(5)9(7)3/h1-6H3/q+1. The van der Waals surface area contributed by atoms with Crippen LogP contribution >= 0.6 is 0 Å². The van der Waals surface area contributed by atoms with E-state index < -0.39 is 0 Å². The van der Waals surface area contributed by atoms with Gasteiger partial charge < -0.3 is 0 Å². The molecule has 1 rings (SSSR count). The highest BCUT2D eigenvalue weighted by Crippen LogP contribution is 2.15. The minimum atomic E-state index is 1.37. The summed E-state index contributed by atoms with van der Waals surface area (Å²) in [6.07, 6.45) is 0. The van der Waals surface area contributed by atoms with Crippen LogP contribution in [-0.4, -0.2) is 0 Å². The maximum atomic E-state index is 2.26. The first-order valence-corrected chi connectivity index (χ1v) is 4.39. The second-order valence-corrected chi connectivity index (χ2v) is 3.60. The zero-order chi connectivity index (χ0) is 9.46. The molecule has 0 N–H and O–H groups in total. The van der Waals surface area contributed by atoms with Crippen molar-refractivity contribution >= 4 is 0 Å². The summed E-state index contributed by atoms with van der Waals surface area (Å²) in [5.41, 5.74) is 7.01. The zero-order valence-electron chi connectivity index (χ0n) is 8.95. The van der Waals surface area contributed by atoms with Gasteiger partial charge >= 0.3 is 0 Å². The van der Waals surface area contributed by atoms with Gasteiger partial charge in [0.1, 0.15) is 7.05 Å². The van der Waals surface area contributed by atoms with E-state index in [9.17, 15) is 0 Å². The predicted molar refractivity (Wildman–Crippen MR) is 51.3 cm³/mol. The highest BCUT2D eigenvalue weighted by atomic mass is 14.9. The molecule has 0 saturated heterocycles. The van der Waals surface area contributed by atoms with Crippen LogP contribution in [-0.2, 0) is 7.05 Å². The molecule has 0 bridgehead atoms. The first-order valence-electron chi connectivity index (χ1n) is 4.39. The molecule has 1 aromatic heterocycles. The van der Waals surface area contributed by atoms with Gasteiger partial charge in [0.05, 0.1) is 0 Å². The Kier molecular flexibility index (Phi) is 2.22. The highest BCUT2D eigenvalue weighted by Gasteiger charge is 2.14. The Balaban J connectivity index is 3.60. The molecule has 0 fully saturated rings. The van der Waals surface area contributed by atoms with Gasteiger partial charge in [-0.3, -0.25) is 0 Å². The summed E-state index contributed by atoms with van der Waals surface area (Å²) in [6.45, 7) is 10.9. The molecular formula is C11H18N+. The summed E-state index contributed by atoms with van der Waals surface area (Å²) in [7, 11) is 2.13. The Morgan fingerprint density at radius 1 is 0.667 bits per heavy atom. The minimum absolute atomic E-state index is 1.37. The normalized spacial score (nSPS) is 10.5. The molecule has 0 amide bonds. The molecule has 1 aromatic rings. The molecule has 66 valence electrons. The molecule has 1 heteroatoms. The van der Waals surface area contributed by atoms with E-state index in [1.54, 1.807) is 0 Å². The third-order valence-electron chi connectivity index (χ3n) is 3.22. The molecule has 0 atom stereocenters. The van der Waals surface area contributed by atoms with E-state index >= 15 is 0 Å². The van der Waals surface area contributed by atoms with Crippen LogP contribution in [0.2, 0.25) is 0 Å². The molecule has 0 radical (unpaired) electrons. The highest BCUT2D eigenvalue weighted by molar-refractivity contribution is 5.33. The van der Waals surface area contributed by atoms with E-state index in [0.717, 1.165) is 0 Å². The van der Waals surface area contributed by atoms with Gasteiger partial charge in [0.15, 0.2) is 11.4 Å². The van der Waals surface area contributed by atoms with Crippen LogP contribution in [0.1, 0.15) is 28.1 Å². The van der Waals surface area contributed by atoms with Crippen LogP contribution in [0.15, 0.2) is 0 Å². The lowest BCUT2D eigenvalue weighted by atomic mass is 10.0. The summed E-state index contributed by atoms with van der Waals surface area (Å²) >= 11 is 0. The molecule has 0 spiro atoms. The van der Waals surface area contributed by atoms with Gasteiger partial charge in [0.2, 0.25) is 0 Å². The average molecular weight is 164 g/mol. The van der Waals surface area contributed by atoms with Crippen molar-refractivity contribution in [3.8, 4) is 0 Å². The van der Waals surface area contributed by atoms with Crippen molar-refractivity contribution in [1.82, 2.24) is 0 Å². The molecule has 0 unspecified atom stereocenters. The van der Waals surface area contributed by atoms with E-state index in [2.05, 4.69) is 46.2 Å². The lowest BCUT2D eigenvalue weighted by molar-refractivity contribution is -0.684. The number of pyridine rings is 1.